The van der Waals surface area contributed by atoms with Crippen molar-refractivity contribution in [2.45, 2.75) is 31.9 Å². The lowest BCUT2D eigenvalue weighted by molar-refractivity contribution is 0.291. The summed E-state index contributed by atoms with van der Waals surface area (Å²) in [6, 6.07) is 6.31. The van der Waals surface area contributed by atoms with E-state index in [0.29, 0.717) is 11.8 Å². The van der Waals surface area contributed by atoms with E-state index in [9.17, 15) is 0 Å². The Bertz CT molecular complexity index is 624. The van der Waals surface area contributed by atoms with Gasteiger partial charge >= 0.3 is 0 Å². The minimum atomic E-state index is 0.130. The molecule has 1 aromatic carbocycles. The fourth-order valence-electron chi connectivity index (χ4n) is 2.61. The summed E-state index contributed by atoms with van der Waals surface area (Å²) in [5.41, 5.74) is 8.72. The normalized spacial score (nSPS) is 17.9. The molecule has 1 aliphatic rings. The van der Waals surface area contributed by atoms with Crippen molar-refractivity contribution < 1.29 is 4.74 Å². The van der Waals surface area contributed by atoms with E-state index < -0.39 is 0 Å². The number of hydrogen-bond acceptors (Lipinski definition) is 3. The molecule has 1 heterocycles. The van der Waals surface area contributed by atoms with Gasteiger partial charge in [0.1, 0.15) is 23.3 Å². The number of aromatic nitrogens is 2. The molecule has 1 aliphatic carbocycles. The summed E-state index contributed by atoms with van der Waals surface area (Å²) in [5.74, 6) is 1.64. The molecule has 1 atom stereocenters. The van der Waals surface area contributed by atoms with Crippen LogP contribution in [0.25, 0.3) is 0 Å². The second-order valence-electron chi connectivity index (χ2n) is 5.20. The minimum absolute atomic E-state index is 0.130. The van der Waals surface area contributed by atoms with Crippen LogP contribution in [0.1, 0.15) is 35.8 Å². The first kappa shape index (κ1) is 13.5. The van der Waals surface area contributed by atoms with Crippen molar-refractivity contribution in [2.24, 2.45) is 12.8 Å². The van der Waals surface area contributed by atoms with Gasteiger partial charge in [-0.1, -0.05) is 17.7 Å². The standard InChI is InChI=1S/C15H18ClN3O/c1-19-14(16)8-18-15(19)9-20-11-6-5-10-3-2-4-13(17)12(10)7-11/h5-8,13H,2-4,9,17H2,1H3/t13-/m0/s1. The molecule has 2 aromatic rings. The fourth-order valence-corrected chi connectivity index (χ4v) is 2.76. The molecule has 5 heteroatoms. The van der Waals surface area contributed by atoms with Gasteiger partial charge in [-0.25, -0.2) is 4.98 Å². The van der Waals surface area contributed by atoms with Gasteiger partial charge in [0.05, 0.1) is 6.20 Å². The van der Waals surface area contributed by atoms with Gasteiger partial charge in [-0.15, -0.1) is 0 Å². The summed E-state index contributed by atoms with van der Waals surface area (Å²) in [5, 5.41) is 0.607. The third-order valence-electron chi connectivity index (χ3n) is 3.87. The molecule has 4 nitrogen and oxygen atoms in total. The van der Waals surface area contributed by atoms with Gasteiger partial charge in [-0.3, -0.25) is 0 Å². The number of fused-ring (bicyclic) bond motifs is 1. The largest absolute Gasteiger partial charge is 0.486 e. The second-order valence-corrected chi connectivity index (χ2v) is 5.59. The molecule has 0 unspecified atom stereocenters. The lowest BCUT2D eigenvalue weighted by Gasteiger charge is -2.22. The quantitative estimate of drug-likeness (QED) is 0.946. The van der Waals surface area contributed by atoms with E-state index in [4.69, 9.17) is 22.1 Å². The van der Waals surface area contributed by atoms with Crippen LogP contribution in [-0.2, 0) is 20.1 Å². The van der Waals surface area contributed by atoms with Crippen molar-refractivity contribution >= 4 is 11.6 Å². The summed E-state index contributed by atoms with van der Waals surface area (Å²) in [6.45, 7) is 0.400. The average molecular weight is 292 g/mol. The van der Waals surface area contributed by atoms with Crippen LogP contribution in [0.4, 0.5) is 0 Å². The summed E-state index contributed by atoms with van der Waals surface area (Å²) in [4.78, 5) is 4.21. The minimum Gasteiger partial charge on any atom is -0.486 e. The van der Waals surface area contributed by atoms with Crippen LogP contribution in [0, 0.1) is 0 Å². The topological polar surface area (TPSA) is 53.1 Å². The molecule has 0 aliphatic heterocycles. The Balaban J connectivity index is 1.75. The van der Waals surface area contributed by atoms with E-state index in [1.165, 1.54) is 17.5 Å². The molecule has 20 heavy (non-hydrogen) atoms. The first-order valence-corrected chi connectivity index (χ1v) is 7.20. The Morgan fingerprint density at radius 1 is 1.50 bits per heavy atom. The van der Waals surface area contributed by atoms with Crippen molar-refractivity contribution in [2.75, 3.05) is 0 Å². The highest BCUT2D eigenvalue weighted by Crippen LogP contribution is 2.31. The molecule has 0 spiro atoms. The predicted octanol–water partition coefficient (Wildman–Crippen LogP) is 2.99. The zero-order chi connectivity index (χ0) is 14.1. The van der Waals surface area contributed by atoms with Crippen LogP contribution in [-0.4, -0.2) is 9.55 Å². The molecule has 0 radical (unpaired) electrons. The highest BCUT2D eigenvalue weighted by Gasteiger charge is 2.17. The van der Waals surface area contributed by atoms with Crippen LogP contribution in [0.3, 0.4) is 0 Å². The second kappa shape index (κ2) is 5.46. The zero-order valence-electron chi connectivity index (χ0n) is 11.5. The average Bonchev–Trinajstić information content (AvgIpc) is 2.77. The number of halogens is 1. The van der Waals surface area contributed by atoms with Crippen LogP contribution in [0.2, 0.25) is 5.15 Å². The molecule has 106 valence electrons. The number of benzene rings is 1. The van der Waals surface area contributed by atoms with Gasteiger partial charge in [0.2, 0.25) is 0 Å². The Hall–Kier alpha value is -1.52. The fraction of sp³-hybridized carbons (Fsp3) is 0.400. The van der Waals surface area contributed by atoms with E-state index in [0.717, 1.165) is 24.4 Å². The Kier molecular flexibility index (Phi) is 3.68. The maximum absolute atomic E-state index is 6.16. The van der Waals surface area contributed by atoms with Crippen molar-refractivity contribution in [1.82, 2.24) is 9.55 Å². The van der Waals surface area contributed by atoms with Crippen LogP contribution in [0.5, 0.6) is 5.75 Å². The van der Waals surface area contributed by atoms with Crippen LogP contribution in [0.15, 0.2) is 24.4 Å². The lowest BCUT2D eigenvalue weighted by atomic mass is 9.88. The smallest absolute Gasteiger partial charge is 0.147 e. The van der Waals surface area contributed by atoms with Gasteiger partial charge in [0, 0.05) is 13.1 Å². The van der Waals surface area contributed by atoms with E-state index in [1.807, 2.05) is 17.7 Å². The maximum atomic E-state index is 6.16. The molecule has 0 saturated carbocycles. The lowest BCUT2D eigenvalue weighted by Crippen LogP contribution is -2.17. The number of nitrogens with zero attached hydrogens (tertiary/aromatic N) is 2. The van der Waals surface area contributed by atoms with Crippen LogP contribution >= 0.6 is 11.6 Å². The predicted molar refractivity (Wildman–Crippen MR) is 78.9 cm³/mol. The summed E-state index contributed by atoms with van der Waals surface area (Å²) in [7, 11) is 1.87. The van der Waals surface area contributed by atoms with E-state index in [2.05, 4.69) is 17.1 Å². The number of nitrogens with two attached hydrogens (primary N) is 1. The first-order valence-electron chi connectivity index (χ1n) is 6.82. The molecule has 3 rings (SSSR count). The molecular weight excluding hydrogens is 274 g/mol. The number of imidazole rings is 1. The van der Waals surface area contributed by atoms with Gasteiger partial charge in [-0.05, 0) is 42.5 Å². The highest BCUT2D eigenvalue weighted by atomic mass is 35.5. The molecule has 0 amide bonds. The highest BCUT2D eigenvalue weighted by molar-refractivity contribution is 6.29. The first-order chi connectivity index (χ1) is 9.65. The summed E-state index contributed by atoms with van der Waals surface area (Å²) < 4.78 is 7.61. The van der Waals surface area contributed by atoms with Gasteiger partial charge in [0.15, 0.2) is 0 Å². The Morgan fingerprint density at radius 3 is 3.10 bits per heavy atom. The monoisotopic (exact) mass is 291 g/mol. The number of rotatable bonds is 3. The summed E-state index contributed by atoms with van der Waals surface area (Å²) >= 11 is 5.95. The Labute approximate surface area is 123 Å². The van der Waals surface area contributed by atoms with Crippen molar-refractivity contribution in [3.8, 4) is 5.75 Å². The molecular formula is C15H18ClN3O. The summed E-state index contributed by atoms with van der Waals surface area (Å²) in [6.07, 6.45) is 4.95. The maximum Gasteiger partial charge on any atom is 0.147 e. The third kappa shape index (κ3) is 2.53. The van der Waals surface area contributed by atoms with Gasteiger partial charge < -0.3 is 15.0 Å². The van der Waals surface area contributed by atoms with E-state index in [1.54, 1.807) is 6.20 Å². The Morgan fingerprint density at radius 2 is 2.35 bits per heavy atom. The van der Waals surface area contributed by atoms with Crippen molar-refractivity contribution in [3.05, 3.63) is 46.5 Å². The van der Waals surface area contributed by atoms with Crippen LogP contribution < -0.4 is 10.5 Å². The molecule has 2 N–H and O–H groups in total. The SMILES string of the molecule is Cn1c(Cl)cnc1COc1ccc2c(c1)[C@@H](N)CCC2. The number of ether oxygens (including phenoxy) is 1. The molecule has 0 fully saturated rings. The zero-order valence-corrected chi connectivity index (χ0v) is 12.2. The van der Waals surface area contributed by atoms with Gasteiger partial charge in [0.25, 0.3) is 0 Å². The number of hydrogen-bond donors (Lipinski definition) is 1. The molecule has 0 bridgehead atoms. The number of aryl methyl sites for hydroxylation is 1. The molecule has 1 aromatic heterocycles. The van der Waals surface area contributed by atoms with Gasteiger partial charge in [-0.2, -0.15) is 0 Å². The molecule has 0 saturated heterocycles. The van der Waals surface area contributed by atoms with E-state index in [-0.39, 0.29) is 6.04 Å². The van der Waals surface area contributed by atoms with Crippen molar-refractivity contribution in [3.63, 3.8) is 0 Å². The third-order valence-corrected chi connectivity index (χ3v) is 4.22. The van der Waals surface area contributed by atoms with Crippen molar-refractivity contribution in [1.29, 1.82) is 0 Å². The van der Waals surface area contributed by atoms with E-state index >= 15 is 0 Å².